The molecule has 3 radical (unpaired) electrons. The first-order chi connectivity index (χ1) is 5.00. The fourth-order valence-corrected chi connectivity index (χ4v) is 2.32. The molecule has 57 valence electrons. The standard InChI is InChI=1S/C6H6NO2S.Sn/c7-5-2-1-3-6(4-5)10(8)9;/h1-4H,7H2;. The molecule has 11 heavy (non-hydrogen) atoms. The van der Waals surface area contributed by atoms with Gasteiger partial charge in [0.15, 0.2) is 0 Å². The summed E-state index contributed by atoms with van der Waals surface area (Å²) >= 11 is 0.491. The predicted molar refractivity (Wildman–Crippen MR) is 43.8 cm³/mol. The molecule has 1 rings (SSSR count). The monoisotopic (exact) mass is 276 g/mol. The van der Waals surface area contributed by atoms with E-state index in [1.165, 1.54) is 6.07 Å². The molecule has 2 N–H and O–H groups in total. The van der Waals surface area contributed by atoms with Gasteiger partial charge in [-0.2, -0.15) is 0 Å². The van der Waals surface area contributed by atoms with Crippen molar-refractivity contribution in [2.24, 2.45) is 0 Å². The van der Waals surface area contributed by atoms with Gasteiger partial charge in [0.2, 0.25) is 0 Å². The Hall–Kier alpha value is -0.231. The first-order valence-electron chi connectivity index (χ1n) is 2.85. The molecule has 0 aliphatic carbocycles. The van der Waals surface area contributed by atoms with E-state index in [1.807, 2.05) is 0 Å². The van der Waals surface area contributed by atoms with Crippen molar-refractivity contribution in [2.75, 3.05) is 5.73 Å². The minimum atomic E-state index is -3.02. The number of nitrogens with two attached hydrogens (primary N) is 1. The fraction of sp³-hybridized carbons (Fsp3) is 0. The van der Waals surface area contributed by atoms with E-state index < -0.39 is 7.02 Å². The van der Waals surface area contributed by atoms with Crippen molar-refractivity contribution >= 4 is 33.9 Å². The second kappa shape index (κ2) is 3.02. The fourth-order valence-electron chi connectivity index (χ4n) is 0.682. The van der Waals surface area contributed by atoms with Crippen molar-refractivity contribution in [1.82, 2.24) is 0 Å². The molecule has 3 nitrogen and oxygen atoms in total. The average molecular weight is 275 g/mol. The molecule has 0 spiro atoms. The second-order valence-electron chi connectivity index (χ2n) is 2.08. The summed E-state index contributed by atoms with van der Waals surface area (Å²) in [5.74, 6) is 0. The van der Waals surface area contributed by atoms with Crippen LogP contribution in [0, 0.1) is 0 Å². The van der Waals surface area contributed by atoms with Gasteiger partial charge in [-0.3, -0.25) is 0 Å². The van der Waals surface area contributed by atoms with Gasteiger partial charge in [0, 0.05) is 0 Å². The van der Waals surface area contributed by atoms with E-state index in [1.54, 1.807) is 18.2 Å². The second-order valence-corrected chi connectivity index (χ2v) is 8.16. The van der Waals surface area contributed by atoms with Crippen LogP contribution in [0.3, 0.4) is 0 Å². The summed E-state index contributed by atoms with van der Waals surface area (Å²) < 4.78 is 21.9. The number of nitrogen functional groups attached to an aromatic ring is 1. The molecule has 0 unspecified atom stereocenters. The Bertz CT molecular complexity index is 361. The van der Waals surface area contributed by atoms with Crippen LogP contribution in [-0.4, -0.2) is 29.6 Å². The van der Waals surface area contributed by atoms with Gasteiger partial charge in [-0.15, -0.1) is 0 Å². The van der Waals surface area contributed by atoms with Crippen LogP contribution in [0.4, 0.5) is 5.69 Å². The summed E-state index contributed by atoms with van der Waals surface area (Å²) in [6.07, 6.45) is 0. The Kier molecular flexibility index (Phi) is 2.43. The number of anilines is 1. The van der Waals surface area contributed by atoms with Crippen molar-refractivity contribution in [3.05, 3.63) is 24.3 Å². The Morgan fingerprint density at radius 2 is 2.00 bits per heavy atom. The molecule has 0 amide bonds. The van der Waals surface area contributed by atoms with Gasteiger partial charge in [-0.05, 0) is 0 Å². The summed E-state index contributed by atoms with van der Waals surface area (Å²) in [7, 11) is -3.02. The topological polar surface area (TPSA) is 60.2 Å². The molecule has 0 fully saturated rings. The van der Waals surface area contributed by atoms with Crippen LogP contribution in [0.1, 0.15) is 0 Å². The Labute approximate surface area is 77.1 Å². The van der Waals surface area contributed by atoms with Crippen LogP contribution in [0.15, 0.2) is 29.2 Å². The molecule has 0 saturated carbocycles. The molecule has 0 saturated heterocycles. The maximum atomic E-state index is 11.0. The molecule has 0 atom stereocenters. The summed E-state index contributed by atoms with van der Waals surface area (Å²) in [5, 5.41) is 0. The Morgan fingerprint density at radius 3 is 2.36 bits per heavy atom. The molecule has 0 aromatic heterocycles. The molecular formula is C6H6NO2SSn. The molecule has 1 aromatic rings. The van der Waals surface area contributed by atoms with Crippen molar-refractivity contribution in [3.8, 4) is 0 Å². The summed E-state index contributed by atoms with van der Waals surface area (Å²) in [6, 6.07) is 6.29. The number of hydrogen-bond donors (Lipinski definition) is 1. The van der Waals surface area contributed by atoms with E-state index in [-0.39, 0.29) is 0 Å². The molecule has 0 aliphatic heterocycles. The molecule has 0 heterocycles. The van der Waals surface area contributed by atoms with Gasteiger partial charge in [0.05, 0.1) is 0 Å². The third-order valence-corrected chi connectivity index (χ3v) is 4.06. The normalized spacial score (nSPS) is 11.4. The van der Waals surface area contributed by atoms with Gasteiger partial charge >= 0.3 is 77.2 Å². The third-order valence-electron chi connectivity index (χ3n) is 1.17. The molecule has 0 aliphatic rings. The average Bonchev–Trinajstić information content (AvgIpc) is 1.86. The SMILES string of the molecule is Nc1cccc([S](=O)(=O)[Sn])c1. The van der Waals surface area contributed by atoms with E-state index in [4.69, 9.17) is 5.73 Å². The van der Waals surface area contributed by atoms with Crippen molar-refractivity contribution in [1.29, 1.82) is 0 Å². The summed E-state index contributed by atoms with van der Waals surface area (Å²) in [4.78, 5) is 0.302. The zero-order valence-corrected chi connectivity index (χ0v) is 9.28. The van der Waals surface area contributed by atoms with E-state index in [2.05, 4.69) is 0 Å². The number of rotatable bonds is 1. The van der Waals surface area contributed by atoms with Crippen LogP contribution in [0.5, 0.6) is 0 Å². The summed E-state index contributed by atoms with van der Waals surface area (Å²) in [6.45, 7) is 0. The zero-order chi connectivity index (χ0) is 8.48. The minimum absolute atomic E-state index is 0.302. The quantitative estimate of drug-likeness (QED) is 0.585. The van der Waals surface area contributed by atoms with Crippen molar-refractivity contribution in [3.63, 3.8) is 0 Å². The predicted octanol–water partition coefficient (Wildman–Crippen LogP) is 0.126. The van der Waals surface area contributed by atoms with Gasteiger partial charge < -0.3 is 0 Å². The Morgan fingerprint density at radius 1 is 1.36 bits per heavy atom. The maximum absolute atomic E-state index is 11.0. The summed E-state index contributed by atoms with van der Waals surface area (Å²) in [5.41, 5.74) is 5.88. The molecule has 0 bridgehead atoms. The van der Waals surface area contributed by atoms with E-state index in [0.717, 1.165) is 0 Å². The zero-order valence-electron chi connectivity index (χ0n) is 5.61. The van der Waals surface area contributed by atoms with Gasteiger partial charge in [0.1, 0.15) is 0 Å². The van der Waals surface area contributed by atoms with Crippen LogP contribution in [-0.2, 0) is 7.02 Å². The van der Waals surface area contributed by atoms with Crippen LogP contribution in [0.2, 0.25) is 0 Å². The number of hydrogen-bond acceptors (Lipinski definition) is 3. The first-order valence-corrected chi connectivity index (χ1v) is 7.83. The first kappa shape index (κ1) is 8.86. The van der Waals surface area contributed by atoms with Crippen molar-refractivity contribution < 1.29 is 8.42 Å². The van der Waals surface area contributed by atoms with E-state index in [9.17, 15) is 8.42 Å². The molecule has 1 aromatic carbocycles. The van der Waals surface area contributed by atoms with Crippen LogP contribution in [0.25, 0.3) is 0 Å². The van der Waals surface area contributed by atoms with Crippen molar-refractivity contribution in [2.45, 2.75) is 4.90 Å². The van der Waals surface area contributed by atoms with Gasteiger partial charge in [-0.25, -0.2) is 0 Å². The number of benzene rings is 1. The van der Waals surface area contributed by atoms with E-state index in [0.29, 0.717) is 31.7 Å². The van der Waals surface area contributed by atoms with E-state index >= 15 is 0 Å². The van der Waals surface area contributed by atoms with Crippen LogP contribution < -0.4 is 5.73 Å². The van der Waals surface area contributed by atoms with Crippen LogP contribution >= 0.6 is 0 Å². The Balaban J connectivity index is 3.28. The molecular weight excluding hydrogens is 269 g/mol. The third kappa shape index (κ3) is 2.37. The van der Waals surface area contributed by atoms with Gasteiger partial charge in [0.25, 0.3) is 0 Å². The molecule has 5 heteroatoms. The van der Waals surface area contributed by atoms with Gasteiger partial charge in [-0.1, -0.05) is 0 Å².